The molecule has 3 heteroatoms. The summed E-state index contributed by atoms with van der Waals surface area (Å²) in [5.41, 5.74) is 1.02. The molecule has 0 bridgehead atoms. The Hall–Kier alpha value is -1.09. The smallest absolute Gasteiger partial charge is 0.244 e. The van der Waals surface area contributed by atoms with Gasteiger partial charge in [0.2, 0.25) is 5.91 Å². The molecule has 0 unspecified atom stereocenters. The summed E-state index contributed by atoms with van der Waals surface area (Å²) < 4.78 is 0. The Balaban J connectivity index is 2.39. The van der Waals surface area contributed by atoms with Crippen LogP contribution in [-0.4, -0.2) is 11.9 Å². The highest BCUT2D eigenvalue weighted by atomic mass is 32.1. The van der Waals surface area contributed by atoms with Crippen molar-refractivity contribution in [3.05, 3.63) is 34.0 Å². The topological polar surface area (TPSA) is 29.1 Å². The van der Waals surface area contributed by atoms with Crippen LogP contribution in [0, 0.1) is 0 Å². The van der Waals surface area contributed by atoms with Crippen LogP contribution in [0.5, 0.6) is 0 Å². The van der Waals surface area contributed by atoms with E-state index in [4.69, 9.17) is 0 Å². The zero-order chi connectivity index (χ0) is 11.3. The van der Waals surface area contributed by atoms with E-state index < -0.39 is 0 Å². The monoisotopic (exact) mass is 223 g/mol. The van der Waals surface area contributed by atoms with E-state index in [-0.39, 0.29) is 11.9 Å². The fourth-order valence-corrected chi connectivity index (χ4v) is 2.16. The molecule has 1 aromatic rings. The van der Waals surface area contributed by atoms with Crippen LogP contribution < -0.4 is 5.32 Å². The summed E-state index contributed by atoms with van der Waals surface area (Å²) in [6.07, 6.45) is 2.53. The van der Waals surface area contributed by atoms with Gasteiger partial charge >= 0.3 is 0 Å². The number of carbonyl (C=O) groups is 1. The third kappa shape index (κ3) is 4.79. The van der Waals surface area contributed by atoms with E-state index in [1.54, 1.807) is 17.4 Å². The molecule has 1 heterocycles. The van der Waals surface area contributed by atoms with Gasteiger partial charge in [0.25, 0.3) is 0 Å². The SMILES string of the molecule is CC(C)=CC(=O)N[C@H](C)Cc1cccs1. The highest BCUT2D eigenvalue weighted by molar-refractivity contribution is 7.09. The molecule has 15 heavy (non-hydrogen) atoms. The number of hydrogen-bond acceptors (Lipinski definition) is 2. The minimum absolute atomic E-state index is 0.000874. The Morgan fingerprint density at radius 3 is 2.87 bits per heavy atom. The minimum Gasteiger partial charge on any atom is -0.350 e. The van der Waals surface area contributed by atoms with Gasteiger partial charge in [0.15, 0.2) is 0 Å². The summed E-state index contributed by atoms with van der Waals surface area (Å²) in [6, 6.07) is 4.31. The molecule has 0 fully saturated rings. The molecule has 0 aromatic carbocycles. The highest BCUT2D eigenvalue weighted by Crippen LogP contribution is 2.10. The van der Waals surface area contributed by atoms with E-state index in [2.05, 4.69) is 16.8 Å². The number of hydrogen-bond donors (Lipinski definition) is 1. The first kappa shape index (κ1) is 12.0. The second-order valence-corrected chi connectivity index (χ2v) is 4.95. The van der Waals surface area contributed by atoms with E-state index in [9.17, 15) is 4.79 Å². The van der Waals surface area contributed by atoms with Crippen molar-refractivity contribution in [2.24, 2.45) is 0 Å². The molecule has 0 aliphatic heterocycles. The van der Waals surface area contributed by atoms with Gasteiger partial charge in [-0.1, -0.05) is 11.6 Å². The van der Waals surface area contributed by atoms with Crippen LogP contribution in [0.1, 0.15) is 25.6 Å². The lowest BCUT2D eigenvalue weighted by Gasteiger charge is -2.11. The molecule has 0 radical (unpaired) electrons. The van der Waals surface area contributed by atoms with Crippen LogP contribution >= 0.6 is 11.3 Å². The molecule has 0 spiro atoms. The molecule has 1 atom stereocenters. The molecule has 1 N–H and O–H groups in total. The zero-order valence-electron chi connectivity index (χ0n) is 9.41. The molecule has 0 saturated carbocycles. The van der Waals surface area contributed by atoms with Gasteiger partial charge in [-0.05, 0) is 32.2 Å². The second-order valence-electron chi connectivity index (χ2n) is 3.91. The first-order valence-corrected chi connectivity index (χ1v) is 5.93. The fraction of sp³-hybridized carbons (Fsp3) is 0.417. The Kier molecular flexibility index (Phi) is 4.56. The lowest BCUT2D eigenvalue weighted by Crippen LogP contribution is -2.32. The largest absolute Gasteiger partial charge is 0.350 e. The van der Waals surface area contributed by atoms with Gasteiger partial charge in [-0.3, -0.25) is 4.79 Å². The van der Waals surface area contributed by atoms with E-state index in [1.807, 2.05) is 26.8 Å². The summed E-state index contributed by atoms with van der Waals surface area (Å²) >= 11 is 1.73. The van der Waals surface area contributed by atoms with E-state index in [1.165, 1.54) is 4.88 Å². The van der Waals surface area contributed by atoms with Crippen molar-refractivity contribution in [2.45, 2.75) is 33.2 Å². The summed E-state index contributed by atoms with van der Waals surface area (Å²) in [7, 11) is 0. The lowest BCUT2D eigenvalue weighted by molar-refractivity contribution is -0.117. The Morgan fingerprint density at radius 2 is 2.33 bits per heavy atom. The number of rotatable bonds is 4. The molecule has 1 rings (SSSR count). The van der Waals surface area contributed by atoms with Gasteiger partial charge < -0.3 is 5.32 Å². The molecule has 1 amide bonds. The van der Waals surface area contributed by atoms with Crippen LogP contribution in [-0.2, 0) is 11.2 Å². The van der Waals surface area contributed by atoms with E-state index >= 15 is 0 Å². The Labute approximate surface area is 95.0 Å². The minimum atomic E-state index is -0.000874. The van der Waals surface area contributed by atoms with Crippen molar-refractivity contribution in [3.63, 3.8) is 0 Å². The normalized spacial score (nSPS) is 11.9. The summed E-state index contributed by atoms with van der Waals surface area (Å²) in [5.74, 6) is -0.000874. The fourth-order valence-electron chi connectivity index (χ4n) is 1.33. The second kappa shape index (κ2) is 5.71. The number of allylic oxidation sites excluding steroid dienone is 1. The van der Waals surface area contributed by atoms with Gasteiger partial charge in [0.05, 0.1) is 0 Å². The van der Waals surface area contributed by atoms with Gasteiger partial charge in [0, 0.05) is 23.4 Å². The first-order valence-electron chi connectivity index (χ1n) is 5.05. The first-order chi connectivity index (χ1) is 7.08. The maximum absolute atomic E-state index is 11.4. The molecule has 0 aliphatic rings. The van der Waals surface area contributed by atoms with Crippen LogP contribution in [0.2, 0.25) is 0 Å². The van der Waals surface area contributed by atoms with Crippen molar-refractivity contribution < 1.29 is 4.79 Å². The Bertz CT molecular complexity index is 337. The highest BCUT2D eigenvalue weighted by Gasteiger charge is 2.06. The summed E-state index contributed by atoms with van der Waals surface area (Å²) in [5, 5.41) is 5.00. The van der Waals surface area contributed by atoms with Crippen molar-refractivity contribution in [2.75, 3.05) is 0 Å². The van der Waals surface area contributed by atoms with Crippen molar-refractivity contribution in [1.82, 2.24) is 5.32 Å². The maximum Gasteiger partial charge on any atom is 0.244 e. The molecule has 0 saturated heterocycles. The predicted molar refractivity (Wildman–Crippen MR) is 65.1 cm³/mol. The van der Waals surface area contributed by atoms with Crippen LogP contribution in [0.3, 0.4) is 0 Å². The Morgan fingerprint density at radius 1 is 1.60 bits per heavy atom. The summed E-state index contributed by atoms with van der Waals surface area (Å²) in [6.45, 7) is 5.86. The average Bonchev–Trinajstić information content (AvgIpc) is 2.53. The zero-order valence-corrected chi connectivity index (χ0v) is 10.2. The standard InChI is InChI=1S/C12H17NOS/c1-9(2)7-12(14)13-10(3)8-11-5-4-6-15-11/h4-7,10H,8H2,1-3H3,(H,13,14)/t10-/m1/s1. The van der Waals surface area contributed by atoms with Gasteiger partial charge in [-0.15, -0.1) is 11.3 Å². The molecular weight excluding hydrogens is 206 g/mol. The summed E-state index contributed by atoms with van der Waals surface area (Å²) in [4.78, 5) is 12.7. The van der Waals surface area contributed by atoms with Crippen molar-refractivity contribution in [1.29, 1.82) is 0 Å². The van der Waals surface area contributed by atoms with E-state index in [0.29, 0.717) is 0 Å². The van der Waals surface area contributed by atoms with Crippen molar-refractivity contribution in [3.8, 4) is 0 Å². The van der Waals surface area contributed by atoms with Crippen LogP contribution in [0.15, 0.2) is 29.2 Å². The molecule has 82 valence electrons. The van der Waals surface area contributed by atoms with Crippen LogP contribution in [0.4, 0.5) is 0 Å². The third-order valence-electron chi connectivity index (χ3n) is 1.90. The quantitative estimate of drug-likeness (QED) is 0.781. The number of thiophene rings is 1. The van der Waals surface area contributed by atoms with Gasteiger partial charge in [-0.25, -0.2) is 0 Å². The van der Waals surface area contributed by atoms with E-state index in [0.717, 1.165) is 12.0 Å². The molecular formula is C12H17NOS. The predicted octanol–water partition coefficient (Wildman–Crippen LogP) is 2.76. The van der Waals surface area contributed by atoms with Crippen LogP contribution in [0.25, 0.3) is 0 Å². The van der Waals surface area contributed by atoms with Gasteiger partial charge in [0.1, 0.15) is 0 Å². The number of nitrogens with one attached hydrogen (secondary N) is 1. The molecule has 0 aliphatic carbocycles. The lowest BCUT2D eigenvalue weighted by atomic mass is 10.2. The van der Waals surface area contributed by atoms with Gasteiger partial charge in [-0.2, -0.15) is 0 Å². The average molecular weight is 223 g/mol. The van der Waals surface area contributed by atoms with Crippen molar-refractivity contribution >= 4 is 17.2 Å². The molecule has 1 aromatic heterocycles. The number of carbonyl (C=O) groups excluding carboxylic acids is 1. The number of amides is 1. The maximum atomic E-state index is 11.4. The molecule has 2 nitrogen and oxygen atoms in total. The third-order valence-corrected chi connectivity index (χ3v) is 2.79.